The Kier molecular flexibility index (Phi) is 10.9. The zero-order valence-corrected chi connectivity index (χ0v) is 28.2. The number of nitrogens with zero attached hydrogens (tertiary/aromatic N) is 4. The lowest BCUT2D eigenvalue weighted by Crippen LogP contribution is -2.53. The highest BCUT2D eigenvalue weighted by Crippen LogP contribution is 2.40. The van der Waals surface area contributed by atoms with Gasteiger partial charge in [-0.05, 0) is 76.0 Å². The number of allylic oxidation sites excluding steroid dienone is 2. The van der Waals surface area contributed by atoms with Gasteiger partial charge >= 0.3 is 12.1 Å². The van der Waals surface area contributed by atoms with Crippen molar-refractivity contribution >= 4 is 45.4 Å². The van der Waals surface area contributed by atoms with Crippen molar-refractivity contribution in [2.75, 3.05) is 6.54 Å². The number of likely N-dealkylation sites (tertiary alicyclic amines) is 1. The van der Waals surface area contributed by atoms with Gasteiger partial charge in [-0.1, -0.05) is 31.1 Å². The lowest BCUT2D eigenvalue weighted by molar-refractivity contribution is -0.139. The van der Waals surface area contributed by atoms with E-state index in [0.29, 0.717) is 42.2 Å². The van der Waals surface area contributed by atoms with Crippen LogP contribution in [0.25, 0.3) is 21.7 Å². The number of primary amides is 1. The monoisotopic (exact) mass is 678 g/mol. The molecule has 1 saturated heterocycles. The summed E-state index contributed by atoms with van der Waals surface area (Å²) in [5.41, 5.74) is 6.29. The fourth-order valence-electron chi connectivity index (χ4n) is 5.76. The summed E-state index contributed by atoms with van der Waals surface area (Å²) in [7, 11) is 0. The summed E-state index contributed by atoms with van der Waals surface area (Å²) >= 11 is 1.42. The van der Waals surface area contributed by atoms with Crippen LogP contribution in [0.15, 0.2) is 48.0 Å². The van der Waals surface area contributed by atoms with Crippen LogP contribution in [0.2, 0.25) is 0 Å². The molecule has 1 aliphatic carbocycles. The van der Waals surface area contributed by atoms with Gasteiger partial charge in [0.2, 0.25) is 17.7 Å². The zero-order valence-electron chi connectivity index (χ0n) is 27.3. The Hall–Kier alpha value is -4.59. The first-order valence-electron chi connectivity index (χ1n) is 16.2. The summed E-state index contributed by atoms with van der Waals surface area (Å²) < 4.78 is 12.5. The molecule has 256 valence electrons. The maximum absolute atomic E-state index is 14.0. The molecule has 2 fully saturated rings. The topological polar surface area (TPSA) is 187 Å². The summed E-state index contributed by atoms with van der Waals surface area (Å²) in [5, 5.41) is 13.7. The minimum absolute atomic E-state index is 0.0675. The molecule has 0 bridgehead atoms. The van der Waals surface area contributed by atoms with Gasteiger partial charge in [-0.3, -0.25) is 19.4 Å². The minimum Gasteiger partial charge on any atom is -0.481 e. The van der Waals surface area contributed by atoms with Crippen LogP contribution in [-0.4, -0.2) is 79.2 Å². The Morgan fingerprint density at radius 2 is 1.96 bits per heavy atom. The number of hydrogen-bond donors (Lipinski definition) is 3. The number of unbranched alkanes of at least 4 members (excludes halogenated alkanes) is 3. The normalized spacial score (nSPS) is 21.3. The number of pyridine rings is 1. The Morgan fingerprint density at radius 1 is 1.15 bits per heavy atom. The fraction of sp³-hybridized carbons (Fsp3) is 0.500. The predicted octanol–water partition coefficient (Wildman–Crippen LogP) is 4.71. The first-order chi connectivity index (χ1) is 22.9. The van der Waals surface area contributed by atoms with Gasteiger partial charge < -0.3 is 30.5 Å². The van der Waals surface area contributed by atoms with E-state index in [1.54, 1.807) is 39.1 Å². The molecule has 3 aromatic rings. The third-order valence-electron chi connectivity index (χ3n) is 8.21. The van der Waals surface area contributed by atoms with Gasteiger partial charge in [-0.15, -0.1) is 11.3 Å². The van der Waals surface area contributed by atoms with E-state index >= 15 is 0 Å². The lowest BCUT2D eigenvalue weighted by atomic mass is 10.0. The van der Waals surface area contributed by atoms with Gasteiger partial charge in [-0.25, -0.2) is 9.78 Å². The average Bonchev–Trinajstić information content (AvgIpc) is 3.43. The largest absolute Gasteiger partial charge is 0.481 e. The van der Waals surface area contributed by atoms with Crippen molar-refractivity contribution in [2.45, 2.75) is 89.5 Å². The number of aromatic nitrogens is 3. The Morgan fingerprint density at radius 3 is 2.65 bits per heavy atom. The molecule has 4 heterocycles. The van der Waals surface area contributed by atoms with Crippen molar-refractivity contribution in [3.05, 3.63) is 48.0 Å². The molecule has 5 rings (SSSR count). The van der Waals surface area contributed by atoms with Gasteiger partial charge in [0.05, 0.1) is 18.0 Å². The van der Waals surface area contributed by atoms with Gasteiger partial charge in [0.1, 0.15) is 34.2 Å². The first kappa shape index (κ1) is 34.7. The van der Waals surface area contributed by atoms with Gasteiger partial charge in [0.15, 0.2) is 5.82 Å². The second-order valence-corrected chi connectivity index (χ2v) is 14.1. The van der Waals surface area contributed by atoms with Gasteiger partial charge in [0, 0.05) is 12.6 Å². The standard InChI is InChI=1S/C34H42N6O7S/c1-34(2,3)47-33(45)38-25(13-8-6-4-5-7-11-20-17-22(20)32(43)44)31(42)40-19-21(18-26(40)28(35)41)46-30-27-23(14-16-48-27)37-29(39-30)24-12-9-10-15-36-24/h7,9-12,14-16,20-22,25-26H,4-6,8,13,17-19H2,1-3H3,(H2,35,41)(H,38,45)(H,43,44)/b11-7-/t20-,21?,22+,25?,26+/m1/s1. The van der Waals surface area contributed by atoms with E-state index in [9.17, 15) is 19.2 Å². The second-order valence-electron chi connectivity index (χ2n) is 13.2. The van der Waals surface area contributed by atoms with Crippen LogP contribution in [0.4, 0.5) is 4.79 Å². The molecule has 1 saturated carbocycles. The number of rotatable bonds is 14. The average molecular weight is 679 g/mol. The van der Waals surface area contributed by atoms with Crippen LogP contribution in [0.5, 0.6) is 5.88 Å². The van der Waals surface area contributed by atoms with E-state index < -0.39 is 47.7 Å². The van der Waals surface area contributed by atoms with Crippen molar-refractivity contribution in [3.63, 3.8) is 0 Å². The minimum atomic E-state index is -0.947. The van der Waals surface area contributed by atoms with Gasteiger partial charge in [-0.2, -0.15) is 4.98 Å². The summed E-state index contributed by atoms with van der Waals surface area (Å²) in [6.45, 7) is 5.28. The number of nitrogens with two attached hydrogens (primary N) is 1. The molecule has 2 aliphatic rings. The number of fused-ring (bicyclic) bond motifs is 1. The predicted molar refractivity (Wildman–Crippen MR) is 179 cm³/mol. The molecule has 3 aromatic heterocycles. The molecule has 5 atom stereocenters. The van der Waals surface area contributed by atoms with E-state index in [1.807, 2.05) is 29.7 Å². The number of carboxylic acids is 1. The molecule has 13 nitrogen and oxygen atoms in total. The van der Waals surface area contributed by atoms with Crippen LogP contribution in [0.3, 0.4) is 0 Å². The molecule has 4 N–H and O–H groups in total. The van der Waals surface area contributed by atoms with Crippen LogP contribution in [0, 0.1) is 11.8 Å². The van der Waals surface area contributed by atoms with Crippen molar-refractivity contribution in [1.82, 2.24) is 25.2 Å². The highest BCUT2D eigenvalue weighted by Gasteiger charge is 2.43. The number of carbonyl (C=O) groups is 4. The number of hydrogen-bond acceptors (Lipinski definition) is 10. The Labute approximate surface area is 282 Å². The van der Waals surface area contributed by atoms with Crippen molar-refractivity contribution < 1.29 is 33.8 Å². The van der Waals surface area contributed by atoms with Crippen LogP contribution in [-0.2, 0) is 19.1 Å². The number of ether oxygens (including phenoxy) is 2. The molecule has 0 aromatic carbocycles. The Balaban J connectivity index is 1.25. The number of aliphatic carboxylic acids is 1. The molecule has 2 unspecified atom stereocenters. The first-order valence-corrected chi connectivity index (χ1v) is 17.1. The van der Waals surface area contributed by atoms with E-state index in [2.05, 4.69) is 20.3 Å². The maximum Gasteiger partial charge on any atom is 0.408 e. The molecule has 0 radical (unpaired) electrons. The fourth-order valence-corrected chi connectivity index (χ4v) is 6.52. The van der Waals surface area contributed by atoms with Crippen LogP contribution >= 0.6 is 11.3 Å². The number of nitrogens with one attached hydrogen (secondary N) is 1. The number of thiophene rings is 1. The summed E-state index contributed by atoms with van der Waals surface area (Å²) in [6.07, 6.45) is 8.53. The molecular weight excluding hydrogens is 636 g/mol. The van der Waals surface area contributed by atoms with Crippen molar-refractivity contribution in [1.29, 1.82) is 0 Å². The Bertz CT molecular complexity index is 1660. The summed E-state index contributed by atoms with van der Waals surface area (Å²) in [5.74, 6) is -1.30. The SMILES string of the molecule is CC(C)(C)OC(=O)NC(CCCCC/C=C\[C@@H]1C[C@@H]1C(=O)O)C(=O)N1CC(Oc2nc(-c3ccccn3)nc3ccsc23)C[C@H]1C(N)=O. The molecule has 3 amide bonds. The van der Waals surface area contributed by atoms with Crippen molar-refractivity contribution in [3.8, 4) is 17.4 Å². The molecular formula is C34H42N6O7S. The van der Waals surface area contributed by atoms with Crippen LogP contribution in [0.1, 0.15) is 65.7 Å². The zero-order chi connectivity index (χ0) is 34.4. The number of carbonyl (C=O) groups excluding carboxylic acids is 3. The highest BCUT2D eigenvalue weighted by atomic mass is 32.1. The molecule has 0 spiro atoms. The van der Waals surface area contributed by atoms with Crippen LogP contribution < -0.4 is 15.8 Å². The maximum atomic E-state index is 14.0. The summed E-state index contributed by atoms with van der Waals surface area (Å²) in [4.78, 5) is 65.4. The van der Waals surface area contributed by atoms with E-state index in [0.717, 1.165) is 24.0 Å². The molecule has 1 aliphatic heterocycles. The molecule has 48 heavy (non-hydrogen) atoms. The number of alkyl carbamates (subject to hydrolysis) is 1. The molecule has 14 heteroatoms. The van der Waals surface area contributed by atoms with Crippen molar-refractivity contribution in [2.24, 2.45) is 17.6 Å². The van der Waals surface area contributed by atoms with Gasteiger partial charge in [0.25, 0.3) is 0 Å². The highest BCUT2D eigenvalue weighted by molar-refractivity contribution is 7.17. The van der Waals surface area contributed by atoms with E-state index in [-0.39, 0.29) is 24.8 Å². The third-order valence-corrected chi connectivity index (χ3v) is 9.10. The number of carboxylic acid groups (broad SMARTS) is 1. The third kappa shape index (κ3) is 9.06. The summed E-state index contributed by atoms with van der Waals surface area (Å²) in [6, 6.07) is 5.42. The lowest BCUT2D eigenvalue weighted by Gasteiger charge is -2.28. The quantitative estimate of drug-likeness (QED) is 0.159. The number of amides is 3. The van der Waals surface area contributed by atoms with E-state index in [1.165, 1.54) is 16.2 Å². The second kappa shape index (κ2) is 15.1. The van der Waals surface area contributed by atoms with E-state index in [4.69, 9.17) is 20.3 Å². The smallest absolute Gasteiger partial charge is 0.408 e.